The molecule has 2 aliphatic rings. The molecule has 10 heteroatoms. The van der Waals surface area contributed by atoms with Gasteiger partial charge in [0.2, 0.25) is 0 Å². The summed E-state index contributed by atoms with van der Waals surface area (Å²) in [4.78, 5) is 19.8. The number of anilines is 1. The van der Waals surface area contributed by atoms with E-state index in [1.54, 1.807) is 0 Å². The molecule has 0 aliphatic carbocycles. The molecule has 34 heavy (non-hydrogen) atoms. The van der Waals surface area contributed by atoms with Gasteiger partial charge in [-0.1, -0.05) is 12.1 Å². The van der Waals surface area contributed by atoms with Crippen molar-refractivity contribution in [3.05, 3.63) is 52.2 Å². The van der Waals surface area contributed by atoms with Crippen LogP contribution in [-0.4, -0.2) is 40.5 Å². The van der Waals surface area contributed by atoms with Crippen molar-refractivity contribution in [3.63, 3.8) is 0 Å². The molecule has 3 unspecified atom stereocenters. The fourth-order valence-electron chi connectivity index (χ4n) is 5.05. The summed E-state index contributed by atoms with van der Waals surface area (Å²) < 4.78 is 58.4. The van der Waals surface area contributed by atoms with Crippen molar-refractivity contribution in [1.29, 1.82) is 0 Å². The lowest BCUT2D eigenvalue weighted by Crippen LogP contribution is -2.55. The van der Waals surface area contributed by atoms with E-state index in [-0.39, 0.29) is 35.1 Å². The number of alkyl halides is 3. The molecule has 3 heterocycles. The third-order valence-corrected chi connectivity index (χ3v) is 7.68. The Morgan fingerprint density at radius 3 is 2.35 bits per heavy atom. The molecule has 0 amide bonds. The van der Waals surface area contributed by atoms with Crippen LogP contribution in [0.5, 0.6) is 0 Å². The summed E-state index contributed by atoms with van der Waals surface area (Å²) in [5.74, 6) is 0.183. The number of hydrogen-bond donors (Lipinski definition) is 1. The van der Waals surface area contributed by atoms with E-state index < -0.39 is 23.2 Å². The van der Waals surface area contributed by atoms with Crippen LogP contribution in [0.1, 0.15) is 32.4 Å². The van der Waals surface area contributed by atoms with E-state index in [1.165, 1.54) is 28.5 Å². The minimum atomic E-state index is -4.65. The first-order valence-electron chi connectivity index (χ1n) is 11.1. The third-order valence-electron chi connectivity index (χ3n) is 6.35. The standard InChI is InChI=1S/C24H24F4N4OS/c1-12-9-31(10-13(2)29-12)22-17-8-18(24(26,27)28)19(15-4-6-16(25)7-5-15)21-20(17)32(23(33)30-22)14(3)11-34-21/h4-8,12-14,29H,9-11H2,1-3H3. The maximum Gasteiger partial charge on any atom is 0.417 e. The van der Waals surface area contributed by atoms with Crippen LogP contribution in [0.3, 0.4) is 0 Å². The van der Waals surface area contributed by atoms with Gasteiger partial charge in [0.25, 0.3) is 0 Å². The molecular weight excluding hydrogens is 468 g/mol. The summed E-state index contributed by atoms with van der Waals surface area (Å²) in [6.07, 6.45) is -4.65. The highest BCUT2D eigenvalue weighted by atomic mass is 32.2. The number of halogens is 4. The second-order valence-electron chi connectivity index (χ2n) is 9.15. The Kier molecular flexibility index (Phi) is 5.63. The van der Waals surface area contributed by atoms with Gasteiger partial charge in [0.15, 0.2) is 0 Å². The Hall–Kier alpha value is -2.59. The summed E-state index contributed by atoms with van der Waals surface area (Å²) in [6.45, 7) is 6.89. The van der Waals surface area contributed by atoms with Gasteiger partial charge in [-0.25, -0.2) is 9.18 Å². The molecule has 3 aromatic rings. The van der Waals surface area contributed by atoms with Gasteiger partial charge in [0.05, 0.1) is 11.1 Å². The van der Waals surface area contributed by atoms with E-state index >= 15 is 0 Å². The molecule has 180 valence electrons. The van der Waals surface area contributed by atoms with Crippen LogP contribution in [0.2, 0.25) is 0 Å². The van der Waals surface area contributed by atoms with Crippen molar-refractivity contribution in [2.45, 2.75) is 50.0 Å². The van der Waals surface area contributed by atoms with Crippen molar-refractivity contribution >= 4 is 28.5 Å². The van der Waals surface area contributed by atoms with Crippen molar-refractivity contribution in [1.82, 2.24) is 14.9 Å². The van der Waals surface area contributed by atoms with Crippen molar-refractivity contribution in [3.8, 4) is 11.1 Å². The highest BCUT2D eigenvalue weighted by molar-refractivity contribution is 7.99. The number of hydrogen-bond acceptors (Lipinski definition) is 5. The number of piperazine rings is 1. The smallest absolute Gasteiger partial charge is 0.353 e. The van der Waals surface area contributed by atoms with Crippen LogP contribution in [-0.2, 0) is 6.18 Å². The maximum absolute atomic E-state index is 14.4. The minimum Gasteiger partial charge on any atom is -0.353 e. The van der Waals surface area contributed by atoms with Gasteiger partial charge in [-0.15, -0.1) is 11.8 Å². The van der Waals surface area contributed by atoms with Crippen LogP contribution >= 0.6 is 11.8 Å². The molecule has 0 spiro atoms. The minimum absolute atomic E-state index is 0.0238. The van der Waals surface area contributed by atoms with E-state index in [9.17, 15) is 22.4 Å². The summed E-state index contributed by atoms with van der Waals surface area (Å²) in [5, 5.41) is 3.71. The fourth-order valence-corrected chi connectivity index (χ4v) is 6.33. The quantitative estimate of drug-likeness (QED) is 0.506. The highest BCUT2D eigenvalue weighted by Crippen LogP contribution is 2.49. The number of nitrogens with one attached hydrogen (secondary N) is 1. The predicted molar refractivity (Wildman–Crippen MR) is 126 cm³/mol. The molecule has 1 N–H and O–H groups in total. The largest absolute Gasteiger partial charge is 0.417 e. The molecule has 5 rings (SSSR count). The van der Waals surface area contributed by atoms with Gasteiger partial charge >= 0.3 is 11.9 Å². The highest BCUT2D eigenvalue weighted by Gasteiger charge is 2.39. The summed E-state index contributed by atoms with van der Waals surface area (Å²) in [7, 11) is 0. The zero-order valence-corrected chi connectivity index (χ0v) is 19.7. The Bertz CT molecular complexity index is 1310. The van der Waals surface area contributed by atoms with Crippen LogP contribution in [0.25, 0.3) is 22.0 Å². The molecule has 1 aromatic heterocycles. The first kappa shape index (κ1) is 23.2. The summed E-state index contributed by atoms with van der Waals surface area (Å²) in [5.41, 5.74) is -0.586. The van der Waals surface area contributed by atoms with Gasteiger partial charge in [0.1, 0.15) is 11.6 Å². The molecule has 2 aliphatic heterocycles. The monoisotopic (exact) mass is 492 g/mol. The zero-order valence-electron chi connectivity index (χ0n) is 18.9. The molecular formula is C24H24F4N4OS. The van der Waals surface area contributed by atoms with Crippen LogP contribution < -0.4 is 15.9 Å². The molecule has 1 saturated heterocycles. The molecule has 0 radical (unpaired) electrons. The van der Waals surface area contributed by atoms with Crippen molar-refractivity contribution < 1.29 is 17.6 Å². The van der Waals surface area contributed by atoms with Gasteiger partial charge in [-0.05, 0) is 44.5 Å². The molecule has 1 fully saturated rings. The molecule has 5 nitrogen and oxygen atoms in total. The van der Waals surface area contributed by atoms with Gasteiger partial charge < -0.3 is 10.2 Å². The number of thioether (sulfide) groups is 1. The number of rotatable bonds is 2. The van der Waals surface area contributed by atoms with E-state index in [2.05, 4.69) is 10.3 Å². The van der Waals surface area contributed by atoms with Crippen molar-refractivity contribution in [2.24, 2.45) is 0 Å². The lowest BCUT2D eigenvalue weighted by atomic mass is 9.96. The molecule has 3 atom stereocenters. The Morgan fingerprint density at radius 2 is 1.74 bits per heavy atom. The van der Waals surface area contributed by atoms with Crippen LogP contribution in [0, 0.1) is 5.82 Å². The van der Waals surface area contributed by atoms with Crippen LogP contribution in [0.15, 0.2) is 40.0 Å². The van der Waals surface area contributed by atoms with Crippen LogP contribution in [0.4, 0.5) is 23.4 Å². The van der Waals surface area contributed by atoms with E-state index in [0.29, 0.717) is 34.6 Å². The summed E-state index contributed by atoms with van der Waals surface area (Å²) >= 11 is 1.30. The number of benzene rings is 2. The summed E-state index contributed by atoms with van der Waals surface area (Å²) in [6, 6.07) is 6.07. The van der Waals surface area contributed by atoms with E-state index in [4.69, 9.17) is 0 Å². The Labute approximate surface area is 198 Å². The molecule has 2 aromatic carbocycles. The average molecular weight is 493 g/mol. The maximum atomic E-state index is 14.4. The first-order chi connectivity index (χ1) is 16.0. The lowest BCUT2D eigenvalue weighted by molar-refractivity contribution is -0.137. The average Bonchev–Trinajstić information content (AvgIpc) is 2.75. The predicted octanol–water partition coefficient (Wildman–Crippen LogP) is 5.07. The molecule has 0 saturated carbocycles. The normalized spacial score (nSPS) is 22.9. The van der Waals surface area contributed by atoms with Crippen molar-refractivity contribution in [2.75, 3.05) is 23.7 Å². The van der Waals surface area contributed by atoms with Gasteiger partial charge in [0, 0.05) is 52.8 Å². The second kappa shape index (κ2) is 8.27. The van der Waals surface area contributed by atoms with E-state index in [0.717, 1.165) is 18.2 Å². The Balaban J connectivity index is 1.89. The zero-order chi connectivity index (χ0) is 24.4. The first-order valence-corrected chi connectivity index (χ1v) is 12.1. The van der Waals surface area contributed by atoms with E-state index in [1.807, 2.05) is 25.7 Å². The Morgan fingerprint density at radius 1 is 1.09 bits per heavy atom. The second-order valence-corrected chi connectivity index (χ2v) is 10.2. The SMILES string of the molecule is CC1CN(c2nc(=O)n3c4c(c(-c5ccc(F)cc5)c(C(F)(F)F)cc24)SCC3C)CC(C)N1. The van der Waals surface area contributed by atoms with Gasteiger partial charge in [-0.2, -0.15) is 18.2 Å². The van der Waals surface area contributed by atoms with Gasteiger partial charge in [-0.3, -0.25) is 4.57 Å². The lowest BCUT2D eigenvalue weighted by Gasteiger charge is -2.38. The number of nitrogens with zero attached hydrogens (tertiary/aromatic N) is 3. The molecule has 0 bridgehead atoms. The number of aromatic nitrogens is 2. The third kappa shape index (κ3) is 3.86. The fraction of sp³-hybridized carbons (Fsp3) is 0.417. The topological polar surface area (TPSA) is 50.2 Å².